The van der Waals surface area contributed by atoms with Crippen LogP contribution in [-0.2, 0) is 14.3 Å². The van der Waals surface area contributed by atoms with Gasteiger partial charge in [0.05, 0.1) is 20.1 Å². The molecule has 0 spiro atoms. The zero-order valence-electron chi connectivity index (χ0n) is 15.6. The number of esters is 2. The van der Waals surface area contributed by atoms with Crippen LogP contribution < -0.4 is 9.47 Å². The first-order valence-electron chi connectivity index (χ1n) is 8.41. The number of fused-ring (bicyclic) bond motifs is 1. The zero-order valence-corrected chi connectivity index (χ0v) is 15.6. The summed E-state index contributed by atoms with van der Waals surface area (Å²) in [5.41, 5.74) is 2.33. The molecule has 0 aliphatic heterocycles. The van der Waals surface area contributed by atoms with Crippen molar-refractivity contribution in [3.05, 3.63) is 48.0 Å². The smallest absolute Gasteiger partial charge is 0.312 e. The Balaban J connectivity index is 1.97. The minimum absolute atomic E-state index is 0.288. The molecule has 0 saturated heterocycles. The van der Waals surface area contributed by atoms with Crippen LogP contribution in [0.25, 0.3) is 22.3 Å². The van der Waals surface area contributed by atoms with Crippen LogP contribution in [0, 0.1) is 0 Å². The molecule has 0 fully saturated rings. The molecule has 3 rings (SSSR count). The lowest BCUT2D eigenvalue weighted by atomic mass is 10.00. The van der Waals surface area contributed by atoms with Gasteiger partial charge in [-0.25, -0.2) is 0 Å². The first kappa shape index (κ1) is 18.5. The van der Waals surface area contributed by atoms with E-state index in [2.05, 4.69) is 0 Å². The van der Waals surface area contributed by atoms with E-state index in [1.54, 1.807) is 25.1 Å². The monoisotopic (exact) mass is 368 g/mol. The van der Waals surface area contributed by atoms with Gasteiger partial charge in [0.2, 0.25) is 0 Å². The molecule has 1 atom stereocenters. The maximum Gasteiger partial charge on any atom is 0.312 e. The number of hydrogen-bond donors (Lipinski definition) is 0. The van der Waals surface area contributed by atoms with Crippen LogP contribution >= 0.6 is 0 Å². The molecule has 0 amide bonds. The third-order valence-electron chi connectivity index (χ3n) is 4.30. The van der Waals surface area contributed by atoms with E-state index < -0.39 is 5.97 Å². The second kappa shape index (κ2) is 7.53. The topological polar surface area (TPSA) is 75.0 Å². The molecule has 1 heterocycles. The van der Waals surface area contributed by atoms with Crippen LogP contribution in [0.3, 0.4) is 0 Å². The van der Waals surface area contributed by atoms with Crippen LogP contribution in [0.1, 0.15) is 25.3 Å². The molecule has 0 radical (unpaired) electrons. The fourth-order valence-electron chi connectivity index (χ4n) is 2.85. The summed E-state index contributed by atoms with van der Waals surface area (Å²) in [4.78, 5) is 22.9. The zero-order chi connectivity index (χ0) is 19.6. The molecule has 0 aliphatic rings. The summed E-state index contributed by atoms with van der Waals surface area (Å²) in [7, 11) is 2.88. The Labute approximate surface area is 156 Å². The van der Waals surface area contributed by atoms with Crippen LogP contribution in [0.4, 0.5) is 0 Å². The number of carbonyl (C=O) groups is 2. The molecule has 2 aromatic carbocycles. The lowest BCUT2D eigenvalue weighted by Crippen LogP contribution is -2.10. The van der Waals surface area contributed by atoms with Gasteiger partial charge in [-0.05, 0) is 48.9 Å². The number of benzene rings is 2. The summed E-state index contributed by atoms with van der Waals surface area (Å²) in [6.45, 7) is 3.13. The van der Waals surface area contributed by atoms with Crippen LogP contribution in [0.5, 0.6) is 11.5 Å². The summed E-state index contributed by atoms with van der Waals surface area (Å²) >= 11 is 0. The summed E-state index contributed by atoms with van der Waals surface area (Å²) < 4.78 is 21.1. The molecule has 0 bridgehead atoms. The quantitative estimate of drug-likeness (QED) is 0.493. The van der Waals surface area contributed by atoms with E-state index in [0.717, 1.165) is 16.5 Å². The van der Waals surface area contributed by atoms with E-state index in [1.165, 1.54) is 21.1 Å². The van der Waals surface area contributed by atoms with Crippen molar-refractivity contribution in [1.29, 1.82) is 0 Å². The average Bonchev–Trinajstić information content (AvgIpc) is 3.09. The lowest BCUT2D eigenvalue weighted by molar-refractivity contribution is -0.142. The van der Waals surface area contributed by atoms with Crippen LogP contribution in [0.2, 0.25) is 0 Å². The first-order valence-corrected chi connectivity index (χ1v) is 8.41. The van der Waals surface area contributed by atoms with E-state index in [4.69, 9.17) is 18.6 Å². The fraction of sp³-hybridized carbons (Fsp3) is 0.238. The number of furan rings is 1. The summed E-state index contributed by atoms with van der Waals surface area (Å²) in [5.74, 6) is 0.351. The Bertz CT molecular complexity index is 1000. The SMILES string of the molecule is COC(=O)C(C)c1ccc2oc(-c3ccc(OC(C)=O)c(OC)c3)cc2c1. The predicted octanol–water partition coefficient (Wildman–Crippen LogP) is 4.31. The molecule has 140 valence electrons. The Morgan fingerprint density at radius 3 is 2.44 bits per heavy atom. The molecule has 0 N–H and O–H groups in total. The van der Waals surface area contributed by atoms with Gasteiger partial charge in [-0.3, -0.25) is 9.59 Å². The highest BCUT2D eigenvalue weighted by Crippen LogP contribution is 2.35. The molecular weight excluding hydrogens is 348 g/mol. The van der Waals surface area contributed by atoms with Crippen molar-refractivity contribution in [2.45, 2.75) is 19.8 Å². The normalized spacial score (nSPS) is 11.9. The molecular formula is C21H20O6. The number of rotatable bonds is 5. The van der Waals surface area contributed by atoms with Gasteiger partial charge in [0.25, 0.3) is 0 Å². The van der Waals surface area contributed by atoms with Gasteiger partial charge in [0, 0.05) is 17.9 Å². The Hall–Kier alpha value is -3.28. The van der Waals surface area contributed by atoms with Crippen molar-refractivity contribution in [1.82, 2.24) is 0 Å². The highest BCUT2D eigenvalue weighted by molar-refractivity contribution is 5.86. The Morgan fingerprint density at radius 1 is 1.00 bits per heavy atom. The largest absolute Gasteiger partial charge is 0.493 e. The van der Waals surface area contributed by atoms with Gasteiger partial charge in [0.15, 0.2) is 11.5 Å². The minimum atomic E-state index is -0.419. The van der Waals surface area contributed by atoms with Gasteiger partial charge in [-0.15, -0.1) is 0 Å². The predicted molar refractivity (Wildman–Crippen MR) is 99.9 cm³/mol. The molecule has 6 nitrogen and oxygen atoms in total. The third kappa shape index (κ3) is 3.79. The van der Waals surface area contributed by atoms with E-state index in [0.29, 0.717) is 22.8 Å². The average molecular weight is 368 g/mol. The van der Waals surface area contributed by atoms with Gasteiger partial charge in [0.1, 0.15) is 11.3 Å². The van der Waals surface area contributed by atoms with E-state index in [-0.39, 0.29) is 11.9 Å². The number of ether oxygens (including phenoxy) is 3. The van der Waals surface area contributed by atoms with E-state index in [1.807, 2.05) is 24.3 Å². The van der Waals surface area contributed by atoms with Gasteiger partial charge in [-0.2, -0.15) is 0 Å². The second-order valence-electron chi connectivity index (χ2n) is 6.11. The highest BCUT2D eigenvalue weighted by atomic mass is 16.6. The fourth-order valence-corrected chi connectivity index (χ4v) is 2.85. The standard InChI is InChI=1S/C21H20O6/c1-12(21(23)25-4)14-5-7-17-16(9-14)11-19(27-17)15-6-8-18(26-13(2)22)20(10-15)24-3/h5-12H,1-4H3. The van der Waals surface area contributed by atoms with Crippen molar-refractivity contribution in [2.75, 3.05) is 14.2 Å². The van der Waals surface area contributed by atoms with Crippen molar-refractivity contribution in [3.63, 3.8) is 0 Å². The molecule has 0 aliphatic carbocycles. The lowest BCUT2D eigenvalue weighted by Gasteiger charge is -2.08. The van der Waals surface area contributed by atoms with Crippen LogP contribution in [0.15, 0.2) is 46.9 Å². The van der Waals surface area contributed by atoms with Crippen LogP contribution in [-0.4, -0.2) is 26.2 Å². The summed E-state index contributed by atoms with van der Waals surface area (Å²) in [5, 5.41) is 0.876. The maximum absolute atomic E-state index is 11.8. The second-order valence-corrected chi connectivity index (χ2v) is 6.11. The molecule has 1 unspecified atom stereocenters. The molecule has 6 heteroatoms. The van der Waals surface area contributed by atoms with Crippen molar-refractivity contribution < 1.29 is 28.2 Å². The number of hydrogen-bond acceptors (Lipinski definition) is 6. The van der Waals surface area contributed by atoms with Crippen molar-refractivity contribution >= 4 is 22.9 Å². The summed E-state index contributed by atoms with van der Waals surface area (Å²) in [6, 6.07) is 12.7. The number of carbonyl (C=O) groups excluding carboxylic acids is 2. The van der Waals surface area contributed by atoms with E-state index >= 15 is 0 Å². The number of methoxy groups -OCH3 is 2. The van der Waals surface area contributed by atoms with Crippen molar-refractivity contribution in [2.24, 2.45) is 0 Å². The van der Waals surface area contributed by atoms with Crippen molar-refractivity contribution in [3.8, 4) is 22.8 Å². The first-order chi connectivity index (χ1) is 12.9. The third-order valence-corrected chi connectivity index (χ3v) is 4.30. The van der Waals surface area contributed by atoms with Gasteiger partial charge in [-0.1, -0.05) is 6.07 Å². The molecule has 0 saturated carbocycles. The summed E-state index contributed by atoms with van der Waals surface area (Å²) in [6.07, 6.45) is 0. The molecule has 1 aromatic heterocycles. The van der Waals surface area contributed by atoms with Gasteiger partial charge < -0.3 is 18.6 Å². The molecule has 27 heavy (non-hydrogen) atoms. The Morgan fingerprint density at radius 2 is 1.78 bits per heavy atom. The minimum Gasteiger partial charge on any atom is -0.493 e. The van der Waals surface area contributed by atoms with E-state index in [9.17, 15) is 9.59 Å². The van der Waals surface area contributed by atoms with Gasteiger partial charge >= 0.3 is 11.9 Å². The Kier molecular flexibility index (Phi) is 5.16. The maximum atomic E-state index is 11.8. The molecule has 3 aromatic rings. The highest BCUT2D eigenvalue weighted by Gasteiger charge is 2.17.